The Morgan fingerprint density at radius 3 is 2.29 bits per heavy atom. The van der Waals surface area contributed by atoms with E-state index in [1.807, 2.05) is 18.2 Å². The van der Waals surface area contributed by atoms with Crippen LogP contribution < -0.4 is 0 Å². The Morgan fingerprint density at radius 1 is 0.952 bits per heavy atom. The Balaban J connectivity index is 2.00. The van der Waals surface area contributed by atoms with Gasteiger partial charge in [0.2, 0.25) is 5.09 Å². The van der Waals surface area contributed by atoms with E-state index in [0.29, 0.717) is 26.2 Å². The fourth-order valence-corrected chi connectivity index (χ4v) is 3.42. The maximum Gasteiger partial charge on any atom is 0.228 e. The Morgan fingerprint density at radius 2 is 1.62 bits per heavy atom. The predicted octanol–water partition coefficient (Wildman–Crippen LogP) is 4.82. The lowest BCUT2D eigenvalue weighted by molar-refractivity contribution is 0.347. The number of rotatable bonds is 3. The van der Waals surface area contributed by atoms with Gasteiger partial charge >= 0.3 is 0 Å². The minimum atomic E-state index is -1.43. The maximum atomic E-state index is 12.4. The Bertz CT molecular complexity index is 782. The third kappa shape index (κ3) is 2.88. The minimum Gasteiger partial charge on any atom is -0.346 e. The van der Waals surface area contributed by atoms with Gasteiger partial charge in [-0.05, 0) is 24.3 Å². The van der Waals surface area contributed by atoms with Gasteiger partial charge in [0.1, 0.15) is 16.5 Å². The molecule has 0 N–H and O–H groups in total. The predicted molar refractivity (Wildman–Crippen MR) is 83.1 cm³/mol. The second kappa shape index (κ2) is 6.02. The van der Waals surface area contributed by atoms with Crippen molar-refractivity contribution < 1.29 is 8.73 Å². The van der Waals surface area contributed by atoms with Crippen LogP contribution in [0, 0.1) is 0 Å². The van der Waals surface area contributed by atoms with Crippen LogP contribution in [0.4, 0.5) is 0 Å². The summed E-state index contributed by atoms with van der Waals surface area (Å²) in [7, 11) is -1.43. The fraction of sp³-hybridized carbons (Fsp3) is 0. The normalized spacial score (nSPS) is 12.3. The molecule has 3 rings (SSSR count). The molecule has 106 valence electrons. The first kappa shape index (κ1) is 14.3. The molecule has 1 atom stereocenters. The van der Waals surface area contributed by atoms with E-state index in [9.17, 15) is 4.21 Å². The molecule has 0 aliphatic carbocycles. The summed E-state index contributed by atoms with van der Waals surface area (Å²) >= 11 is 12.3. The van der Waals surface area contributed by atoms with E-state index < -0.39 is 10.8 Å². The topological polar surface area (TPSA) is 43.1 Å². The van der Waals surface area contributed by atoms with Gasteiger partial charge in [0, 0.05) is 16.5 Å². The van der Waals surface area contributed by atoms with Crippen LogP contribution in [-0.2, 0) is 10.8 Å². The Hall–Kier alpha value is -1.62. The van der Waals surface area contributed by atoms with Crippen LogP contribution >= 0.6 is 23.2 Å². The standard InChI is InChI=1S/C15H9Cl2NO2S/c16-11-7-4-8-12(17)15(11)13-9-14(20-18-13)21(19)10-5-2-1-3-6-10/h1-9H. The number of halogens is 2. The summed E-state index contributed by atoms with van der Waals surface area (Å²) in [6.45, 7) is 0. The van der Waals surface area contributed by atoms with Crippen LogP contribution in [0.3, 0.4) is 0 Å². The molecule has 0 radical (unpaired) electrons. The Kier molecular flexibility index (Phi) is 4.10. The molecule has 0 saturated heterocycles. The van der Waals surface area contributed by atoms with Crippen molar-refractivity contribution in [2.75, 3.05) is 0 Å². The average Bonchev–Trinajstić information content (AvgIpc) is 2.97. The van der Waals surface area contributed by atoms with Crippen molar-refractivity contribution in [2.45, 2.75) is 9.99 Å². The molecule has 6 heteroatoms. The molecule has 1 unspecified atom stereocenters. The first-order valence-electron chi connectivity index (χ1n) is 6.05. The highest BCUT2D eigenvalue weighted by atomic mass is 35.5. The van der Waals surface area contributed by atoms with Gasteiger partial charge in [-0.15, -0.1) is 0 Å². The van der Waals surface area contributed by atoms with Crippen LogP contribution in [0.2, 0.25) is 10.0 Å². The van der Waals surface area contributed by atoms with Gasteiger partial charge in [-0.1, -0.05) is 52.6 Å². The highest BCUT2D eigenvalue weighted by Crippen LogP contribution is 2.34. The number of hydrogen-bond acceptors (Lipinski definition) is 3. The van der Waals surface area contributed by atoms with Crippen molar-refractivity contribution in [2.24, 2.45) is 0 Å². The van der Waals surface area contributed by atoms with E-state index in [1.165, 1.54) is 0 Å². The molecule has 0 aliphatic rings. The lowest BCUT2D eigenvalue weighted by Gasteiger charge is -2.01. The van der Waals surface area contributed by atoms with Gasteiger partial charge < -0.3 is 4.52 Å². The number of benzene rings is 2. The molecule has 0 spiro atoms. The summed E-state index contributed by atoms with van der Waals surface area (Å²) in [5.41, 5.74) is 1.03. The van der Waals surface area contributed by atoms with E-state index in [1.54, 1.807) is 36.4 Å². The van der Waals surface area contributed by atoms with Gasteiger partial charge in [-0.3, -0.25) is 0 Å². The summed E-state index contributed by atoms with van der Waals surface area (Å²) in [5, 5.41) is 5.11. The maximum absolute atomic E-state index is 12.4. The molecule has 1 aromatic heterocycles. The van der Waals surface area contributed by atoms with Gasteiger partial charge in [-0.25, -0.2) is 4.21 Å². The second-order valence-electron chi connectivity index (χ2n) is 4.21. The van der Waals surface area contributed by atoms with E-state index in [-0.39, 0.29) is 5.09 Å². The van der Waals surface area contributed by atoms with Gasteiger partial charge in [-0.2, -0.15) is 0 Å². The van der Waals surface area contributed by atoms with Gasteiger partial charge in [0.25, 0.3) is 0 Å². The minimum absolute atomic E-state index is 0.257. The van der Waals surface area contributed by atoms with E-state index in [2.05, 4.69) is 5.16 Å². The first-order valence-corrected chi connectivity index (χ1v) is 7.95. The highest BCUT2D eigenvalue weighted by Gasteiger charge is 2.17. The lowest BCUT2D eigenvalue weighted by Crippen LogP contribution is -1.89. The molecule has 2 aromatic carbocycles. The van der Waals surface area contributed by atoms with Gasteiger partial charge in [0.15, 0.2) is 0 Å². The Labute approximate surface area is 133 Å². The molecule has 3 nitrogen and oxygen atoms in total. The van der Waals surface area contributed by atoms with Crippen LogP contribution in [0.1, 0.15) is 0 Å². The number of aromatic nitrogens is 1. The van der Waals surface area contributed by atoms with Crippen molar-refractivity contribution >= 4 is 34.0 Å². The van der Waals surface area contributed by atoms with Crippen LogP contribution in [0.15, 0.2) is 69.1 Å². The van der Waals surface area contributed by atoms with Crippen LogP contribution in [0.25, 0.3) is 11.3 Å². The van der Waals surface area contributed by atoms with Crippen molar-refractivity contribution in [3.8, 4) is 11.3 Å². The quantitative estimate of drug-likeness (QED) is 0.688. The monoisotopic (exact) mass is 337 g/mol. The summed E-state index contributed by atoms with van der Waals surface area (Å²) in [4.78, 5) is 0.644. The third-order valence-corrected chi connectivity index (χ3v) is 4.74. The SMILES string of the molecule is O=S(c1ccccc1)c1cc(-c2c(Cl)cccc2Cl)no1. The molecule has 0 saturated carbocycles. The van der Waals surface area contributed by atoms with Crippen molar-refractivity contribution in [1.82, 2.24) is 5.16 Å². The highest BCUT2D eigenvalue weighted by molar-refractivity contribution is 7.85. The second-order valence-corrected chi connectivity index (χ2v) is 6.44. The van der Waals surface area contributed by atoms with Gasteiger partial charge in [0.05, 0.1) is 10.0 Å². The molecule has 0 amide bonds. The summed E-state index contributed by atoms with van der Waals surface area (Å²) in [6, 6.07) is 15.8. The average molecular weight is 338 g/mol. The zero-order valence-corrected chi connectivity index (χ0v) is 13.0. The fourth-order valence-electron chi connectivity index (χ4n) is 1.87. The van der Waals surface area contributed by atoms with Crippen LogP contribution in [-0.4, -0.2) is 9.37 Å². The summed E-state index contributed by atoms with van der Waals surface area (Å²) < 4.78 is 17.6. The third-order valence-electron chi connectivity index (χ3n) is 2.85. The van der Waals surface area contributed by atoms with Crippen molar-refractivity contribution in [3.63, 3.8) is 0 Å². The van der Waals surface area contributed by atoms with Crippen molar-refractivity contribution in [1.29, 1.82) is 0 Å². The summed E-state index contributed by atoms with van der Waals surface area (Å²) in [5.74, 6) is 0. The summed E-state index contributed by atoms with van der Waals surface area (Å²) in [6.07, 6.45) is 0. The van der Waals surface area contributed by atoms with E-state index in [4.69, 9.17) is 27.7 Å². The first-order chi connectivity index (χ1) is 10.2. The molecule has 3 aromatic rings. The molecule has 0 bridgehead atoms. The largest absolute Gasteiger partial charge is 0.346 e. The van der Waals surface area contributed by atoms with Crippen molar-refractivity contribution in [3.05, 3.63) is 64.6 Å². The lowest BCUT2D eigenvalue weighted by atomic mass is 10.1. The molecular formula is C15H9Cl2NO2S. The zero-order valence-electron chi connectivity index (χ0n) is 10.6. The molecule has 1 heterocycles. The number of nitrogens with zero attached hydrogens (tertiary/aromatic N) is 1. The molecular weight excluding hydrogens is 329 g/mol. The number of hydrogen-bond donors (Lipinski definition) is 0. The molecule has 21 heavy (non-hydrogen) atoms. The smallest absolute Gasteiger partial charge is 0.228 e. The zero-order chi connectivity index (χ0) is 14.8. The molecule has 0 fully saturated rings. The van der Waals surface area contributed by atoms with Crippen LogP contribution in [0.5, 0.6) is 0 Å². The molecule has 0 aliphatic heterocycles. The van der Waals surface area contributed by atoms with E-state index in [0.717, 1.165) is 0 Å². The van der Waals surface area contributed by atoms with E-state index >= 15 is 0 Å².